The summed E-state index contributed by atoms with van der Waals surface area (Å²) in [6.45, 7) is 6.23. The summed E-state index contributed by atoms with van der Waals surface area (Å²) in [4.78, 5) is 26.9. The quantitative estimate of drug-likeness (QED) is 0.340. The van der Waals surface area contributed by atoms with Gasteiger partial charge in [0, 0.05) is 31.1 Å². The molecule has 1 aromatic heterocycles. The van der Waals surface area contributed by atoms with Crippen molar-refractivity contribution in [3.63, 3.8) is 0 Å². The summed E-state index contributed by atoms with van der Waals surface area (Å²) in [6, 6.07) is 10.7. The topological polar surface area (TPSA) is 132 Å². The molecule has 1 aliphatic carbocycles. The summed E-state index contributed by atoms with van der Waals surface area (Å²) in [7, 11) is -0.593. The second kappa shape index (κ2) is 11.7. The number of sulfonamides is 1. The van der Waals surface area contributed by atoms with E-state index in [1.165, 1.54) is 0 Å². The molecule has 3 aromatic rings. The van der Waals surface area contributed by atoms with Crippen LogP contribution in [0.5, 0.6) is 0 Å². The number of amides is 2. The second-order valence-electron chi connectivity index (χ2n) is 12.3. The monoisotopic (exact) mass is 631 g/mol. The average molecular weight is 632 g/mol. The molecule has 2 heterocycles. The maximum absolute atomic E-state index is 13.3. The van der Waals surface area contributed by atoms with Crippen LogP contribution in [0.25, 0.3) is 16.6 Å². The van der Waals surface area contributed by atoms with Crippen molar-refractivity contribution in [3.8, 4) is 5.69 Å². The van der Waals surface area contributed by atoms with Gasteiger partial charge in [-0.3, -0.25) is 4.79 Å². The summed E-state index contributed by atoms with van der Waals surface area (Å²) >= 11 is 6.07. The van der Waals surface area contributed by atoms with Crippen molar-refractivity contribution in [3.05, 3.63) is 58.2 Å². The minimum absolute atomic E-state index is 0.158. The fourth-order valence-electron chi connectivity index (χ4n) is 5.38. The molecule has 0 atom stereocenters. The van der Waals surface area contributed by atoms with Crippen LogP contribution in [0.4, 0.5) is 4.79 Å². The van der Waals surface area contributed by atoms with Crippen molar-refractivity contribution in [2.24, 2.45) is 0 Å². The normalized spacial score (nSPS) is 16.7. The number of ether oxygens (including phenoxy) is 2. The number of benzene rings is 2. The van der Waals surface area contributed by atoms with Gasteiger partial charge in [-0.05, 0) is 93.5 Å². The summed E-state index contributed by atoms with van der Waals surface area (Å²) in [6.07, 6.45) is 1.90. The van der Waals surface area contributed by atoms with Crippen LogP contribution in [0, 0.1) is 0 Å². The number of rotatable bonds is 10. The molecule has 2 aliphatic rings. The Hall–Kier alpha value is -3.19. The highest BCUT2D eigenvalue weighted by Crippen LogP contribution is 2.44. The lowest BCUT2D eigenvalue weighted by molar-refractivity contribution is -0.124. The number of carbonyl (C=O) groups is 2. The van der Waals surface area contributed by atoms with E-state index < -0.39 is 27.3 Å². The zero-order chi connectivity index (χ0) is 31.2. The van der Waals surface area contributed by atoms with Crippen LogP contribution in [-0.2, 0) is 25.2 Å². The first-order valence-electron chi connectivity index (χ1n) is 14.3. The molecule has 0 unspecified atom stereocenters. The Morgan fingerprint density at radius 3 is 2.40 bits per heavy atom. The van der Waals surface area contributed by atoms with Crippen molar-refractivity contribution in [2.45, 2.75) is 62.9 Å². The molecular formula is C30H38ClN5O6S. The standard InChI is InChI=1S/C30H38ClN5O6S/c1-29(2,3)42-28(38)35-17-30(18-35,41-5)12-13-33-43(39,40)16-20-14-25-24(15-23(20)19-6-7-19)26(27(37)32-4)36(34-25)22-10-8-21(31)9-11-22/h8-11,14-15,19,33H,6-7,12-13,16-18H2,1-5H3,(H,32,37). The smallest absolute Gasteiger partial charge is 0.410 e. The van der Waals surface area contributed by atoms with Crippen molar-refractivity contribution >= 4 is 44.5 Å². The molecule has 1 saturated heterocycles. The molecule has 2 N–H and O–H groups in total. The lowest BCUT2D eigenvalue weighted by Crippen LogP contribution is -2.65. The van der Waals surface area contributed by atoms with Crippen molar-refractivity contribution in [2.75, 3.05) is 33.8 Å². The maximum Gasteiger partial charge on any atom is 0.410 e. The number of likely N-dealkylation sites (tertiary alicyclic amines) is 1. The van der Waals surface area contributed by atoms with Gasteiger partial charge >= 0.3 is 6.09 Å². The Labute approximate surface area is 256 Å². The highest BCUT2D eigenvalue weighted by molar-refractivity contribution is 7.88. The molecule has 232 valence electrons. The zero-order valence-electron chi connectivity index (χ0n) is 25.1. The fraction of sp³-hybridized carbons (Fsp3) is 0.500. The van der Waals surface area contributed by atoms with E-state index in [4.69, 9.17) is 26.2 Å². The Morgan fingerprint density at radius 1 is 1.14 bits per heavy atom. The molecule has 13 heteroatoms. The number of halogens is 1. The van der Waals surface area contributed by atoms with Crippen LogP contribution in [0.3, 0.4) is 0 Å². The van der Waals surface area contributed by atoms with Gasteiger partial charge in [0.15, 0.2) is 0 Å². The number of hydrogen-bond acceptors (Lipinski definition) is 7. The van der Waals surface area contributed by atoms with Gasteiger partial charge in [-0.1, -0.05) is 11.6 Å². The molecule has 1 aliphatic heterocycles. The number of nitrogens with one attached hydrogen (secondary N) is 2. The molecular weight excluding hydrogens is 594 g/mol. The molecule has 0 spiro atoms. The predicted octanol–water partition coefficient (Wildman–Crippen LogP) is 4.36. The molecule has 1 saturated carbocycles. The third kappa shape index (κ3) is 6.98. The first-order valence-corrected chi connectivity index (χ1v) is 16.3. The molecule has 43 heavy (non-hydrogen) atoms. The van der Waals surface area contributed by atoms with Gasteiger partial charge in [0.25, 0.3) is 5.91 Å². The molecule has 11 nitrogen and oxygen atoms in total. The highest BCUT2D eigenvalue weighted by atomic mass is 35.5. The molecule has 5 rings (SSSR count). The average Bonchev–Trinajstić information content (AvgIpc) is 3.69. The van der Waals surface area contributed by atoms with Gasteiger partial charge in [0.1, 0.15) is 16.9 Å². The first kappa shape index (κ1) is 31.2. The van der Waals surface area contributed by atoms with Gasteiger partial charge in [-0.15, -0.1) is 0 Å². The van der Waals surface area contributed by atoms with Crippen molar-refractivity contribution in [1.29, 1.82) is 0 Å². The number of carbonyl (C=O) groups excluding carboxylic acids is 2. The van der Waals surface area contributed by atoms with E-state index in [0.29, 0.717) is 52.4 Å². The summed E-state index contributed by atoms with van der Waals surface area (Å²) in [5, 5.41) is 8.62. The SMILES string of the molecule is CNC(=O)c1c2cc(C3CC3)c(CS(=O)(=O)NCCC3(OC)CN(C(=O)OC(C)(C)C)C3)cc2nn1-c1ccc(Cl)cc1. The molecule has 0 bridgehead atoms. The van der Waals surface area contributed by atoms with Crippen LogP contribution in [0.1, 0.15) is 67.6 Å². The third-order valence-electron chi connectivity index (χ3n) is 7.75. The van der Waals surface area contributed by atoms with E-state index in [2.05, 4.69) is 10.0 Å². The van der Waals surface area contributed by atoms with E-state index >= 15 is 0 Å². The van der Waals surface area contributed by atoms with Gasteiger partial charge in [0.2, 0.25) is 10.0 Å². The zero-order valence-corrected chi connectivity index (χ0v) is 26.6. The van der Waals surface area contributed by atoms with E-state index in [-0.39, 0.29) is 24.1 Å². The van der Waals surface area contributed by atoms with Crippen molar-refractivity contribution in [1.82, 2.24) is 24.7 Å². The van der Waals surface area contributed by atoms with E-state index in [9.17, 15) is 18.0 Å². The first-order chi connectivity index (χ1) is 20.2. The Balaban J connectivity index is 1.33. The van der Waals surface area contributed by atoms with Crippen LogP contribution < -0.4 is 10.0 Å². The van der Waals surface area contributed by atoms with E-state index in [0.717, 1.165) is 18.4 Å². The van der Waals surface area contributed by atoms with Gasteiger partial charge in [0.05, 0.1) is 30.0 Å². The molecule has 0 radical (unpaired) electrons. The number of aromatic nitrogens is 2. The fourth-order valence-corrected chi connectivity index (χ4v) is 6.68. The predicted molar refractivity (Wildman–Crippen MR) is 164 cm³/mol. The van der Waals surface area contributed by atoms with Crippen LogP contribution in [0.2, 0.25) is 5.02 Å². The lowest BCUT2D eigenvalue weighted by atomic mass is 9.90. The van der Waals surface area contributed by atoms with Gasteiger partial charge < -0.3 is 19.7 Å². The number of methoxy groups -OCH3 is 1. The van der Waals surface area contributed by atoms with Crippen LogP contribution in [-0.4, -0.2) is 80.1 Å². The van der Waals surface area contributed by atoms with E-state index in [1.807, 2.05) is 26.8 Å². The van der Waals surface area contributed by atoms with Crippen LogP contribution >= 0.6 is 11.6 Å². The minimum Gasteiger partial charge on any atom is -0.444 e. The maximum atomic E-state index is 13.3. The molecule has 2 amide bonds. The minimum atomic E-state index is -3.72. The summed E-state index contributed by atoms with van der Waals surface area (Å²) in [5.74, 6) is -0.284. The Kier molecular flexibility index (Phi) is 8.51. The number of hydrogen-bond donors (Lipinski definition) is 2. The summed E-state index contributed by atoms with van der Waals surface area (Å²) < 4.78 is 41.9. The summed E-state index contributed by atoms with van der Waals surface area (Å²) in [5.41, 5.74) is 1.90. The van der Waals surface area contributed by atoms with Gasteiger partial charge in [-0.2, -0.15) is 5.10 Å². The Morgan fingerprint density at radius 2 is 1.81 bits per heavy atom. The highest BCUT2D eigenvalue weighted by Gasteiger charge is 2.46. The number of fused-ring (bicyclic) bond motifs is 1. The Bertz CT molecular complexity index is 1640. The third-order valence-corrected chi connectivity index (χ3v) is 9.34. The lowest BCUT2D eigenvalue weighted by Gasteiger charge is -2.48. The largest absolute Gasteiger partial charge is 0.444 e. The number of nitrogens with zero attached hydrogens (tertiary/aromatic N) is 3. The van der Waals surface area contributed by atoms with Crippen molar-refractivity contribution < 1.29 is 27.5 Å². The van der Waals surface area contributed by atoms with Crippen LogP contribution in [0.15, 0.2) is 36.4 Å². The molecule has 2 fully saturated rings. The van der Waals surface area contributed by atoms with E-state index in [1.54, 1.807) is 54.1 Å². The molecule has 2 aromatic carbocycles. The van der Waals surface area contributed by atoms with Gasteiger partial charge in [-0.25, -0.2) is 22.6 Å². The second-order valence-corrected chi connectivity index (χ2v) is 14.5.